The topological polar surface area (TPSA) is 83.9 Å². The van der Waals surface area contributed by atoms with Crippen molar-refractivity contribution in [3.05, 3.63) is 23.8 Å². The molecule has 3 rings (SSSR count). The lowest BCUT2D eigenvalue weighted by Gasteiger charge is -2.21. The molecule has 108 valence electrons. The molecule has 0 saturated carbocycles. The lowest BCUT2D eigenvalue weighted by Crippen LogP contribution is -2.40. The number of rotatable bonds is 3. The van der Waals surface area contributed by atoms with Crippen LogP contribution in [0.1, 0.15) is 18.4 Å². The molecule has 1 unspecified atom stereocenters. The van der Waals surface area contributed by atoms with Crippen LogP contribution < -0.4 is 4.74 Å². The summed E-state index contributed by atoms with van der Waals surface area (Å²) in [4.78, 5) is 11.3. The molecule has 0 amide bonds. The molecule has 0 spiro atoms. The molecule has 1 aromatic rings. The van der Waals surface area contributed by atoms with Gasteiger partial charge < -0.3 is 9.84 Å². The number of nitrogens with zero attached hydrogens (tertiary/aromatic N) is 1. The van der Waals surface area contributed by atoms with Gasteiger partial charge >= 0.3 is 5.97 Å². The molecule has 7 heteroatoms. The van der Waals surface area contributed by atoms with Crippen LogP contribution in [0.2, 0.25) is 0 Å². The molecule has 1 saturated heterocycles. The molecule has 1 fully saturated rings. The third-order valence-corrected chi connectivity index (χ3v) is 5.66. The average molecular weight is 297 g/mol. The van der Waals surface area contributed by atoms with Crippen LogP contribution in [-0.2, 0) is 21.2 Å². The number of hydrogen-bond donors (Lipinski definition) is 1. The Morgan fingerprint density at radius 1 is 1.40 bits per heavy atom. The summed E-state index contributed by atoms with van der Waals surface area (Å²) < 4.78 is 31.6. The number of carbonyl (C=O) groups is 1. The van der Waals surface area contributed by atoms with Gasteiger partial charge in [-0.1, -0.05) is 0 Å². The van der Waals surface area contributed by atoms with Crippen molar-refractivity contribution < 1.29 is 23.1 Å². The lowest BCUT2D eigenvalue weighted by atomic mass is 10.2. The highest BCUT2D eigenvalue weighted by Gasteiger charge is 2.39. The summed E-state index contributed by atoms with van der Waals surface area (Å²) in [6.45, 7) is 0.813. The number of sulfonamides is 1. The Kier molecular flexibility index (Phi) is 3.18. The monoisotopic (exact) mass is 297 g/mol. The largest absolute Gasteiger partial charge is 0.493 e. The van der Waals surface area contributed by atoms with Crippen molar-refractivity contribution >= 4 is 16.0 Å². The summed E-state index contributed by atoms with van der Waals surface area (Å²) in [5, 5.41) is 9.12. The van der Waals surface area contributed by atoms with Crippen molar-refractivity contribution in [3.8, 4) is 5.75 Å². The summed E-state index contributed by atoms with van der Waals surface area (Å²) in [6.07, 6.45) is 1.62. The van der Waals surface area contributed by atoms with E-state index in [0.29, 0.717) is 31.6 Å². The fourth-order valence-corrected chi connectivity index (χ4v) is 4.44. The van der Waals surface area contributed by atoms with Gasteiger partial charge in [-0.05, 0) is 36.6 Å². The second-order valence-corrected chi connectivity index (χ2v) is 6.87. The Balaban J connectivity index is 1.97. The first-order valence-electron chi connectivity index (χ1n) is 6.50. The van der Waals surface area contributed by atoms with E-state index in [0.717, 1.165) is 9.87 Å². The molecular weight excluding hydrogens is 282 g/mol. The van der Waals surface area contributed by atoms with Gasteiger partial charge in [-0.15, -0.1) is 0 Å². The van der Waals surface area contributed by atoms with Crippen LogP contribution in [0.15, 0.2) is 23.1 Å². The van der Waals surface area contributed by atoms with Crippen LogP contribution in [0.3, 0.4) is 0 Å². The van der Waals surface area contributed by atoms with Gasteiger partial charge in [0.2, 0.25) is 10.0 Å². The number of aliphatic carboxylic acids is 1. The first-order valence-corrected chi connectivity index (χ1v) is 7.94. The minimum absolute atomic E-state index is 0.148. The third-order valence-electron chi connectivity index (χ3n) is 3.76. The summed E-state index contributed by atoms with van der Waals surface area (Å²) in [5.74, 6) is -0.379. The van der Waals surface area contributed by atoms with Gasteiger partial charge in [0, 0.05) is 13.0 Å². The number of fused-ring (bicyclic) bond motifs is 1. The summed E-state index contributed by atoms with van der Waals surface area (Å²) >= 11 is 0. The lowest BCUT2D eigenvalue weighted by molar-refractivity contribution is -0.140. The molecule has 0 bridgehead atoms. The average Bonchev–Trinajstić information content (AvgIpc) is 3.06. The van der Waals surface area contributed by atoms with Gasteiger partial charge in [-0.2, -0.15) is 4.31 Å². The zero-order valence-corrected chi connectivity index (χ0v) is 11.6. The zero-order valence-electron chi connectivity index (χ0n) is 10.8. The SMILES string of the molecule is O=C(O)C1CCCN1S(=O)(=O)c1ccc2c(c1)CCO2. The second-order valence-electron chi connectivity index (χ2n) is 4.98. The molecule has 1 aromatic carbocycles. The Hall–Kier alpha value is -1.60. The molecule has 20 heavy (non-hydrogen) atoms. The molecule has 0 aromatic heterocycles. The van der Waals surface area contributed by atoms with Crippen molar-refractivity contribution in [2.45, 2.75) is 30.2 Å². The fraction of sp³-hybridized carbons (Fsp3) is 0.462. The summed E-state index contributed by atoms with van der Waals surface area (Å²) in [7, 11) is -3.76. The van der Waals surface area contributed by atoms with Crippen LogP contribution in [0, 0.1) is 0 Å². The molecule has 2 heterocycles. The number of carboxylic acids is 1. The quantitative estimate of drug-likeness (QED) is 0.894. The van der Waals surface area contributed by atoms with Crippen molar-refractivity contribution in [1.29, 1.82) is 0 Å². The van der Waals surface area contributed by atoms with E-state index in [2.05, 4.69) is 0 Å². The van der Waals surface area contributed by atoms with Crippen LogP contribution in [0.4, 0.5) is 0 Å². The van der Waals surface area contributed by atoms with E-state index < -0.39 is 22.0 Å². The number of ether oxygens (including phenoxy) is 1. The Morgan fingerprint density at radius 3 is 2.95 bits per heavy atom. The molecule has 1 N–H and O–H groups in total. The van der Waals surface area contributed by atoms with E-state index in [-0.39, 0.29) is 11.4 Å². The van der Waals surface area contributed by atoms with Crippen molar-refractivity contribution in [1.82, 2.24) is 4.31 Å². The first-order chi connectivity index (χ1) is 9.50. The predicted octanol–water partition coefficient (Wildman–Crippen LogP) is 0.859. The van der Waals surface area contributed by atoms with Crippen molar-refractivity contribution in [2.24, 2.45) is 0 Å². The van der Waals surface area contributed by atoms with Gasteiger partial charge in [0.15, 0.2) is 0 Å². The van der Waals surface area contributed by atoms with Gasteiger partial charge in [0.05, 0.1) is 11.5 Å². The molecular formula is C13H15NO5S. The highest BCUT2D eigenvalue weighted by molar-refractivity contribution is 7.89. The highest BCUT2D eigenvalue weighted by Crippen LogP contribution is 2.31. The summed E-state index contributed by atoms with van der Waals surface area (Å²) in [5.41, 5.74) is 0.858. The van der Waals surface area contributed by atoms with Gasteiger partial charge in [-0.3, -0.25) is 4.79 Å². The third kappa shape index (κ3) is 2.06. The Bertz CT molecular complexity index is 655. The van der Waals surface area contributed by atoms with E-state index in [1.807, 2.05) is 0 Å². The molecule has 0 radical (unpaired) electrons. The molecule has 6 nitrogen and oxygen atoms in total. The van der Waals surface area contributed by atoms with Crippen molar-refractivity contribution in [3.63, 3.8) is 0 Å². The maximum atomic E-state index is 12.6. The highest BCUT2D eigenvalue weighted by atomic mass is 32.2. The Labute approximate surface area is 117 Å². The minimum atomic E-state index is -3.76. The fourth-order valence-electron chi connectivity index (χ4n) is 2.73. The number of hydrogen-bond acceptors (Lipinski definition) is 4. The van der Waals surface area contributed by atoms with E-state index in [4.69, 9.17) is 9.84 Å². The maximum absolute atomic E-state index is 12.6. The molecule has 2 aliphatic heterocycles. The van der Waals surface area contributed by atoms with Crippen LogP contribution in [0.5, 0.6) is 5.75 Å². The summed E-state index contributed by atoms with van der Waals surface area (Å²) in [6, 6.07) is 3.76. The molecule has 0 aliphatic carbocycles. The van der Waals surface area contributed by atoms with E-state index in [1.165, 1.54) is 6.07 Å². The van der Waals surface area contributed by atoms with Crippen LogP contribution in [0.25, 0.3) is 0 Å². The maximum Gasteiger partial charge on any atom is 0.322 e. The van der Waals surface area contributed by atoms with Crippen LogP contribution in [-0.4, -0.2) is 43.0 Å². The first kappa shape index (κ1) is 13.4. The molecule has 2 aliphatic rings. The molecule has 1 atom stereocenters. The van der Waals surface area contributed by atoms with Gasteiger partial charge in [0.25, 0.3) is 0 Å². The second kappa shape index (κ2) is 4.75. The van der Waals surface area contributed by atoms with E-state index >= 15 is 0 Å². The minimum Gasteiger partial charge on any atom is -0.493 e. The Morgan fingerprint density at radius 2 is 2.20 bits per heavy atom. The van der Waals surface area contributed by atoms with Gasteiger partial charge in [0.1, 0.15) is 11.8 Å². The zero-order chi connectivity index (χ0) is 14.3. The van der Waals surface area contributed by atoms with Crippen LogP contribution >= 0.6 is 0 Å². The van der Waals surface area contributed by atoms with Gasteiger partial charge in [-0.25, -0.2) is 8.42 Å². The number of carboxylic acid groups (broad SMARTS) is 1. The standard InChI is InChI=1S/C13H15NO5S/c15-13(16)11-2-1-6-14(11)20(17,18)10-3-4-12-9(8-10)5-7-19-12/h3-4,8,11H,1-2,5-7H2,(H,15,16). The number of benzene rings is 1. The van der Waals surface area contributed by atoms with Crippen molar-refractivity contribution in [2.75, 3.05) is 13.2 Å². The van der Waals surface area contributed by atoms with E-state index in [9.17, 15) is 13.2 Å². The van der Waals surface area contributed by atoms with E-state index in [1.54, 1.807) is 12.1 Å². The smallest absolute Gasteiger partial charge is 0.322 e. The predicted molar refractivity (Wildman–Crippen MR) is 70.2 cm³/mol. The normalized spacial score (nSPS) is 22.5.